The van der Waals surface area contributed by atoms with E-state index in [1.807, 2.05) is 0 Å². The summed E-state index contributed by atoms with van der Waals surface area (Å²) in [6.07, 6.45) is 7.78. The molecule has 2 atom stereocenters. The molecule has 104 valence electrons. The third kappa shape index (κ3) is 4.82. The van der Waals surface area contributed by atoms with E-state index in [0.717, 1.165) is 51.6 Å². The van der Waals surface area contributed by atoms with Gasteiger partial charge in [0.2, 0.25) is 0 Å². The van der Waals surface area contributed by atoms with E-state index in [1.165, 1.54) is 12.8 Å². The first-order chi connectivity index (χ1) is 8.84. The predicted octanol–water partition coefficient (Wildman–Crippen LogP) is 2.12. The van der Waals surface area contributed by atoms with Gasteiger partial charge in [0.25, 0.3) is 0 Å². The first kappa shape index (κ1) is 13.6. The third-order valence-electron chi connectivity index (χ3n) is 3.51. The maximum atomic E-state index is 11.7. The molecule has 2 aliphatic rings. The van der Waals surface area contributed by atoms with Gasteiger partial charge in [0.1, 0.15) is 0 Å². The van der Waals surface area contributed by atoms with Crippen molar-refractivity contribution < 1.29 is 14.3 Å². The van der Waals surface area contributed by atoms with Crippen LogP contribution in [0.4, 0.5) is 4.79 Å². The van der Waals surface area contributed by atoms with Crippen molar-refractivity contribution in [1.82, 2.24) is 10.6 Å². The quantitative estimate of drug-likeness (QED) is 0.741. The molecule has 0 amide bonds. The third-order valence-corrected chi connectivity index (χ3v) is 3.51. The fourth-order valence-electron chi connectivity index (χ4n) is 2.45. The Labute approximate surface area is 109 Å². The Hall–Kier alpha value is -0.810. The van der Waals surface area contributed by atoms with Crippen molar-refractivity contribution >= 4 is 6.16 Å². The van der Waals surface area contributed by atoms with E-state index in [4.69, 9.17) is 9.47 Å². The van der Waals surface area contributed by atoms with Crippen molar-refractivity contribution in [1.29, 1.82) is 0 Å². The molecule has 0 saturated carbocycles. The molecule has 0 aliphatic carbocycles. The van der Waals surface area contributed by atoms with Crippen molar-refractivity contribution in [2.75, 3.05) is 13.1 Å². The lowest BCUT2D eigenvalue weighted by Crippen LogP contribution is -2.37. The molecule has 5 nitrogen and oxygen atoms in total. The van der Waals surface area contributed by atoms with Gasteiger partial charge in [-0.1, -0.05) is 12.8 Å². The molecule has 0 aromatic carbocycles. The molecule has 0 spiro atoms. The minimum atomic E-state index is -0.547. The Morgan fingerprint density at radius 3 is 1.78 bits per heavy atom. The summed E-state index contributed by atoms with van der Waals surface area (Å²) in [6, 6.07) is 0. The molecule has 0 aromatic heterocycles. The normalized spacial score (nSPS) is 30.0. The molecular weight excluding hydrogens is 232 g/mol. The van der Waals surface area contributed by atoms with Gasteiger partial charge in [-0.3, -0.25) is 10.6 Å². The number of carbonyl (C=O) groups is 1. The van der Waals surface area contributed by atoms with E-state index in [2.05, 4.69) is 10.6 Å². The number of nitrogens with one attached hydrogen (secondary N) is 2. The van der Waals surface area contributed by atoms with Gasteiger partial charge in [-0.2, -0.15) is 0 Å². The van der Waals surface area contributed by atoms with Gasteiger partial charge < -0.3 is 9.47 Å². The zero-order valence-corrected chi connectivity index (χ0v) is 11.0. The van der Waals surface area contributed by atoms with E-state index in [-0.39, 0.29) is 12.5 Å². The van der Waals surface area contributed by atoms with E-state index in [1.54, 1.807) is 0 Å². The van der Waals surface area contributed by atoms with Gasteiger partial charge in [-0.15, -0.1) is 0 Å². The van der Waals surface area contributed by atoms with Crippen LogP contribution < -0.4 is 10.6 Å². The van der Waals surface area contributed by atoms with Crippen LogP contribution in [0.25, 0.3) is 0 Å². The molecule has 2 aliphatic heterocycles. The summed E-state index contributed by atoms with van der Waals surface area (Å²) < 4.78 is 10.6. The Morgan fingerprint density at radius 1 is 0.778 bits per heavy atom. The topological polar surface area (TPSA) is 59.6 Å². The van der Waals surface area contributed by atoms with Crippen LogP contribution in [0.3, 0.4) is 0 Å². The molecule has 0 radical (unpaired) electrons. The monoisotopic (exact) mass is 256 g/mol. The second-order valence-electron chi connectivity index (χ2n) is 5.07. The standard InChI is InChI=1S/C13H24N2O3/c16-13(17-11-7-3-1-5-9-14-11)18-12-8-4-2-6-10-15-12/h11-12,14-15H,1-10H2. The molecule has 18 heavy (non-hydrogen) atoms. The summed E-state index contributed by atoms with van der Waals surface area (Å²) in [7, 11) is 0. The lowest BCUT2D eigenvalue weighted by Gasteiger charge is -2.20. The Morgan fingerprint density at radius 2 is 1.28 bits per heavy atom. The lowest BCUT2D eigenvalue weighted by atomic mass is 10.2. The lowest BCUT2D eigenvalue weighted by molar-refractivity contribution is -0.0207. The average Bonchev–Trinajstić information content (AvgIpc) is 2.74. The Balaban J connectivity index is 1.69. The molecule has 2 saturated heterocycles. The molecule has 2 heterocycles. The second-order valence-corrected chi connectivity index (χ2v) is 5.07. The molecule has 2 unspecified atom stereocenters. The maximum absolute atomic E-state index is 11.7. The average molecular weight is 256 g/mol. The van der Waals surface area contributed by atoms with Crippen molar-refractivity contribution in [2.24, 2.45) is 0 Å². The highest BCUT2D eigenvalue weighted by molar-refractivity contribution is 5.60. The van der Waals surface area contributed by atoms with E-state index in [9.17, 15) is 4.79 Å². The van der Waals surface area contributed by atoms with Gasteiger partial charge in [0.15, 0.2) is 12.5 Å². The van der Waals surface area contributed by atoms with Gasteiger partial charge >= 0.3 is 6.16 Å². The summed E-state index contributed by atoms with van der Waals surface area (Å²) in [5.74, 6) is 0. The second kappa shape index (κ2) is 7.59. The minimum absolute atomic E-state index is 0.175. The van der Waals surface area contributed by atoms with Crippen molar-refractivity contribution in [3.05, 3.63) is 0 Å². The van der Waals surface area contributed by atoms with Gasteiger partial charge in [0.05, 0.1) is 0 Å². The number of carbonyl (C=O) groups excluding carboxylic acids is 1. The first-order valence-corrected chi connectivity index (χ1v) is 7.18. The van der Waals surface area contributed by atoms with Crippen LogP contribution in [0, 0.1) is 0 Å². The summed E-state index contributed by atoms with van der Waals surface area (Å²) in [6.45, 7) is 1.83. The van der Waals surface area contributed by atoms with Crippen molar-refractivity contribution in [3.63, 3.8) is 0 Å². The maximum Gasteiger partial charge on any atom is 0.511 e. The Kier molecular flexibility index (Phi) is 5.74. The smallest absolute Gasteiger partial charge is 0.415 e. The highest BCUT2D eigenvalue weighted by Crippen LogP contribution is 2.13. The van der Waals surface area contributed by atoms with Crippen molar-refractivity contribution in [2.45, 2.75) is 63.8 Å². The van der Waals surface area contributed by atoms with E-state index in [0.29, 0.717) is 0 Å². The minimum Gasteiger partial charge on any atom is -0.415 e. The van der Waals surface area contributed by atoms with Crippen LogP contribution in [0.15, 0.2) is 0 Å². The van der Waals surface area contributed by atoms with E-state index >= 15 is 0 Å². The summed E-state index contributed by atoms with van der Waals surface area (Å²) in [5.41, 5.74) is 0. The number of hydrogen-bond acceptors (Lipinski definition) is 5. The predicted molar refractivity (Wildman–Crippen MR) is 68.1 cm³/mol. The Bertz CT molecular complexity index is 221. The molecule has 0 aromatic rings. The zero-order valence-electron chi connectivity index (χ0n) is 11.0. The van der Waals surface area contributed by atoms with Crippen LogP contribution in [0.1, 0.15) is 51.4 Å². The first-order valence-electron chi connectivity index (χ1n) is 7.18. The fourth-order valence-corrected chi connectivity index (χ4v) is 2.45. The van der Waals surface area contributed by atoms with Crippen molar-refractivity contribution in [3.8, 4) is 0 Å². The summed E-state index contributed by atoms with van der Waals surface area (Å²) >= 11 is 0. The van der Waals surface area contributed by atoms with Crippen LogP contribution in [0.2, 0.25) is 0 Å². The molecule has 5 heteroatoms. The summed E-state index contributed by atoms with van der Waals surface area (Å²) in [5, 5.41) is 6.44. The van der Waals surface area contributed by atoms with Crippen LogP contribution in [-0.2, 0) is 9.47 Å². The van der Waals surface area contributed by atoms with Crippen LogP contribution >= 0.6 is 0 Å². The zero-order chi connectivity index (χ0) is 12.6. The molecule has 0 bridgehead atoms. The van der Waals surface area contributed by atoms with Crippen LogP contribution in [-0.4, -0.2) is 31.7 Å². The number of ether oxygens (including phenoxy) is 2. The highest BCUT2D eigenvalue weighted by Gasteiger charge is 2.21. The van der Waals surface area contributed by atoms with Gasteiger partial charge in [-0.05, 0) is 51.6 Å². The summed E-state index contributed by atoms with van der Waals surface area (Å²) in [4.78, 5) is 11.7. The highest BCUT2D eigenvalue weighted by atomic mass is 16.7. The molecular formula is C13H24N2O3. The molecule has 2 N–H and O–H groups in total. The number of hydrogen-bond donors (Lipinski definition) is 2. The largest absolute Gasteiger partial charge is 0.511 e. The SMILES string of the molecule is O=C(OC1CCCCCN1)OC1CCCCCN1. The molecule has 2 rings (SSSR count). The van der Waals surface area contributed by atoms with Crippen LogP contribution in [0.5, 0.6) is 0 Å². The molecule has 2 fully saturated rings. The van der Waals surface area contributed by atoms with Gasteiger partial charge in [-0.25, -0.2) is 4.79 Å². The number of rotatable bonds is 2. The van der Waals surface area contributed by atoms with E-state index < -0.39 is 6.16 Å². The fraction of sp³-hybridized carbons (Fsp3) is 0.923. The van der Waals surface area contributed by atoms with Gasteiger partial charge in [0, 0.05) is 0 Å².